The predicted molar refractivity (Wildman–Crippen MR) is 144 cm³/mol. The molecule has 2 aromatic heterocycles. The van der Waals surface area contributed by atoms with Crippen molar-refractivity contribution >= 4 is 38.7 Å². The summed E-state index contributed by atoms with van der Waals surface area (Å²) >= 11 is 3.43. The number of unbranched alkanes of at least 4 members (excludes halogenated alkanes) is 1. The molecule has 0 saturated heterocycles. The molecule has 4 rings (SSSR count). The minimum atomic E-state index is -0.436. The first kappa shape index (κ1) is 25.3. The van der Waals surface area contributed by atoms with Crippen LogP contribution >= 0.6 is 15.9 Å². The van der Waals surface area contributed by atoms with Gasteiger partial charge >= 0.3 is 0 Å². The number of ether oxygens (including phenoxy) is 1. The highest BCUT2D eigenvalue weighted by atomic mass is 79.9. The van der Waals surface area contributed by atoms with Crippen LogP contribution in [0.25, 0.3) is 16.6 Å². The van der Waals surface area contributed by atoms with Gasteiger partial charge < -0.3 is 9.30 Å². The molecule has 0 bridgehead atoms. The largest absolute Gasteiger partial charge is 0.495 e. The average Bonchev–Trinajstić information content (AvgIpc) is 3.14. The standard InChI is InChI=1S/C26H26BrN5O4/c1-5-6-7-25-29-22-10-8-19(27)13-21(22)26(33)31(25)28-15-18-12-16(2)30(17(18)3)23-14-20(32(34)35)9-11-24(23)36-4/h8-15H,5-7H2,1-4H3. The van der Waals surface area contributed by atoms with E-state index in [1.165, 1.54) is 23.9 Å². The Bertz CT molecular complexity index is 1550. The zero-order chi connectivity index (χ0) is 26.0. The van der Waals surface area contributed by atoms with E-state index < -0.39 is 4.92 Å². The Labute approximate surface area is 216 Å². The van der Waals surface area contributed by atoms with Gasteiger partial charge in [0.15, 0.2) is 0 Å². The fraction of sp³-hybridized carbons (Fsp3) is 0.269. The van der Waals surface area contributed by atoms with Crippen LogP contribution in [0, 0.1) is 24.0 Å². The number of aryl methyl sites for hydroxylation is 2. The molecule has 0 unspecified atom stereocenters. The van der Waals surface area contributed by atoms with E-state index in [0.717, 1.165) is 34.3 Å². The molecule has 0 aliphatic heterocycles. The maximum atomic E-state index is 13.4. The molecule has 2 heterocycles. The van der Waals surface area contributed by atoms with Crippen LogP contribution in [0.3, 0.4) is 0 Å². The lowest BCUT2D eigenvalue weighted by molar-refractivity contribution is -0.384. The number of benzene rings is 2. The summed E-state index contributed by atoms with van der Waals surface area (Å²) in [4.78, 5) is 29.0. The SMILES string of the molecule is CCCCc1nc2ccc(Br)cc2c(=O)n1N=Cc1cc(C)n(-c2cc([N+](=O)[O-])ccc2OC)c1C. The summed E-state index contributed by atoms with van der Waals surface area (Å²) in [7, 11) is 1.52. The lowest BCUT2D eigenvalue weighted by atomic mass is 10.2. The second-order valence-electron chi connectivity index (χ2n) is 8.43. The van der Waals surface area contributed by atoms with Gasteiger partial charge in [-0.1, -0.05) is 29.3 Å². The first-order chi connectivity index (χ1) is 17.2. The predicted octanol–water partition coefficient (Wildman–Crippen LogP) is 5.71. The zero-order valence-electron chi connectivity index (χ0n) is 20.5. The van der Waals surface area contributed by atoms with Crippen molar-refractivity contribution in [2.75, 3.05) is 7.11 Å². The van der Waals surface area contributed by atoms with E-state index in [2.05, 4.69) is 28.0 Å². The molecule has 9 nitrogen and oxygen atoms in total. The molecule has 0 N–H and O–H groups in total. The minimum Gasteiger partial charge on any atom is -0.495 e. The molecule has 36 heavy (non-hydrogen) atoms. The van der Waals surface area contributed by atoms with Crippen LogP contribution in [0.4, 0.5) is 5.69 Å². The van der Waals surface area contributed by atoms with Crippen molar-refractivity contribution in [3.63, 3.8) is 0 Å². The van der Waals surface area contributed by atoms with E-state index in [1.54, 1.807) is 18.3 Å². The maximum absolute atomic E-state index is 13.4. The number of nitro groups is 1. The van der Waals surface area contributed by atoms with Gasteiger partial charge in [-0.05, 0) is 50.6 Å². The lowest BCUT2D eigenvalue weighted by Crippen LogP contribution is -2.22. The van der Waals surface area contributed by atoms with E-state index >= 15 is 0 Å². The Kier molecular flexibility index (Phi) is 7.35. The topological polar surface area (TPSA) is 105 Å². The summed E-state index contributed by atoms with van der Waals surface area (Å²) < 4.78 is 9.50. The number of rotatable bonds is 8. The highest BCUT2D eigenvalue weighted by molar-refractivity contribution is 9.10. The van der Waals surface area contributed by atoms with E-state index in [0.29, 0.717) is 34.6 Å². The van der Waals surface area contributed by atoms with Gasteiger partial charge in [0, 0.05) is 40.0 Å². The van der Waals surface area contributed by atoms with Gasteiger partial charge in [0.1, 0.15) is 11.6 Å². The molecule has 0 fully saturated rings. The Morgan fingerprint density at radius 1 is 1.19 bits per heavy atom. The van der Waals surface area contributed by atoms with Crippen LogP contribution in [0.2, 0.25) is 0 Å². The van der Waals surface area contributed by atoms with Gasteiger partial charge in [0.2, 0.25) is 0 Å². The number of hydrogen-bond donors (Lipinski definition) is 0. The number of methoxy groups -OCH3 is 1. The van der Waals surface area contributed by atoms with E-state index in [9.17, 15) is 14.9 Å². The highest BCUT2D eigenvalue weighted by Crippen LogP contribution is 2.31. The molecular weight excluding hydrogens is 526 g/mol. The van der Waals surface area contributed by atoms with Crippen molar-refractivity contribution in [2.45, 2.75) is 40.0 Å². The van der Waals surface area contributed by atoms with E-state index in [4.69, 9.17) is 9.72 Å². The number of nitro benzene ring substituents is 1. The maximum Gasteiger partial charge on any atom is 0.282 e. The van der Waals surface area contributed by atoms with Crippen LogP contribution in [-0.4, -0.2) is 32.5 Å². The quantitative estimate of drug-likeness (QED) is 0.158. The first-order valence-corrected chi connectivity index (χ1v) is 12.3. The normalized spacial score (nSPS) is 11.5. The Morgan fingerprint density at radius 2 is 1.97 bits per heavy atom. The summed E-state index contributed by atoms with van der Waals surface area (Å²) in [6.45, 7) is 5.88. The van der Waals surface area contributed by atoms with Crippen LogP contribution in [0.5, 0.6) is 5.75 Å². The number of halogens is 1. The van der Waals surface area contributed by atoms with Crippen molar-refractivity contribution in [1.29, 1.82) is 0 Å². The zero-order valence-corrected chi connectivity index (χ0v) is 22.1. The third-order valence-electron chi connectivity index (χ3n) is 6.03. The molecule has 0 aliphatic carbocycles. The summed E-state index contributed by atoms with van der Waals surface area (Å²) in [5, 5.41) is 16.4. The minimum absolute atomic E-state index is 0.0333. The van der Waals surface area contributed by atoms with E-state index in [1.807, 2.05) is 36.6 Å². The fourth-order valence-electron chi connectivity index (χ4n) is 4.19. The van der Waals surface area contributed by atoms with Crippen LogP contribution in [0.1, 0.15) is 42.5 Å². The summed E-state index contributed by atoms with van der Waals surface area (Å²) in [5.74, 6) is 1.11. The van der Waals surface area contributed by atoms with Crippen molar-refractivity contribution < 1.29 is 9.66 Å². The van der Waals surface area contributed by atoms with Crippen molar-refractivity contribution in [3.05, 3.63) is 90.2 Å². The van der Waals surface area contributed by atoms with Gasteiger partial charge in [-0.2, -0.15) is 9.78 Å². The third-order valence-corrected chi connectivity index (χ3v) is 6.52. The molecule has 10 heteroatoms. The number of non-ortho nitro benzene ring substituents is 1. The summed E-state index contributed by atoms with van der Waals surface area (Å²) in [5.41, 5.74) is 3.33. The number of hydrogen-bond acceptors (Lipinski definition) is 6. The molecule has 2 aromatic carbocycles. The van der Waals surface area contributed by atoms with Gasteiger partial charge in [-0.3, -0.25) is 14.9 Å². The molecule has 186 valence electrons. The van der Waals surface area contributed by atoms with Gasteiger partial charge in [0.05, 0.1) is 34.8 Å². The Hall–Kier alpha value is -3.79. The highest BCUT2D eigenvalue weighted by Gasteiger charge is 2.18. The van der Waals surface area contributed by atoms with Crippen LogP contribution in [0.15, 0.2) is 56.8 Å². The van der Waals surface area contributed by atoms with Gasteiger partial charge in [-0.15, -0.1) is 0 Å². The van der Waals surface area contributed by atoms with Crippen molar-refractivity contribution in [1.82, 2.24) is 14.2 Å². The molecular formula is C26H26BrN5O4. The Morgan fingerprint density at radius 3 is 2.67 bits per heavy atom. The third kappa shape index (κ3) is 4.81. The number of fused-ring (bicyclic) bond motifs is 1. The molecule has 0 amide bonds. The monoisotopic (exact) mass is 551 g/mol. The van der Waals surface area contributed by atoms with Crippen molar-refractivity contribution in [2.24, 2.45) is 5.10 Å². The van der Waals surface area contributed by atoms with E-state index in [-0.39, 0.29) is 11.2 Å². The molecule has 0 aliphatic rings. The van der Waals surface area contributed by atoms with Gasteiger partial charge in [0.25, 0.3) is 11.2 Å². The molecule has 4 aromatic rings. The molecule has 0 radical (unpaired) electrons. The number of nitrogens with zero attached hydrogens (tertiary/aromatic N) is 5. The molecule has 0 spiro atoms. The molecule has 0 saturated carbocycles. The summed E-state index contributed by atoms with van der Waals surface area (Å²) in [6.07, 6.45) is 4.10. The molecule has 0 atom stereocenters. The number of aromatic nitrogens is 3. The second-order valence-corrected chi connectivity index (χ2v) is 9.35. The van der Waals surface area contributed by atoms with Crippen LogP contribution < -0.4 is 10.3 Å². The first-order valence-electron chi connectivity index (χ1n) is 11.5. The smallest absolute Gasteiger partial charge is 0.282 e. The average molecular weight is 552 g/mol. The van der Waals surface area contributed by atoms with Crippen LogP contribution in [-0.2, 0) is 6.42 Å². The van der Waals surface area contributed by atoms with Gasteiger partial charge in [-0.25, -0.2) is 4.98 Å². The Balaban J connectivity index is 1.83. The second kappa shape index (κ2) is 10.4. The lowest BCUT2D eigenvalue weighted by Gasteiger charge is -2.13. The summed E-state index contributed by atoms with van der Waals surface area (Å²) in [6, 6.07) is 11.8. The fourth-order valence-corrected chi connectivity index (χ4v) is 4.55. The van der Waals surface area contributed by atoms with Crippen molar-refractivity contribution in [3.8, 4) is 11.4 Å².